The maximum absolute atomic E-state index is 13.5. The van der Waals surface area contributed by atoms with Crippen molar-refractivity contribution < 1.29 is 0 Å². The SMILES string of the molecule is CCC(c1nc2[nH]ncc2c(=O)n1Cc1ccccc1)N(CCNC)Cc1cnc(C)nc1. The van der Waals surface area contributed by atoms with Crippen LogP contribution < -0.4 is 10.9 Å². The van der Waals surface area contributed by atoms with Gasteiger partial charge in [-0.05, 0) is 26.0 Å². The molecule has 3 aromatic heterocycles. The number of aromatic nitrogens is 6. The molecule has 3 heterocycles. The Morgan fingerprint density at radius 2 is 1.88 bits per heavy atom. The highest BCUT2D eigenvalue weighted by atomic mass is 16.1. The zero-order valence-corrected chi connectivity index (χ0v) is 19.3. The van der Waals surface area contributed by atoms with E-state index in [2.05, 4.69) is 37.3 Å². The summed E-state index contributed by atoms with van der Waals surface area (Å²) < 4.78 is 1.79. The van der Waals surface area contributed by atoms with Crippen molar-refractivity contribution in [3.05, 3.63) is 82.1 Å². The van der Waals surface area contributed by atoms with Crippen LogP contribution in [-0.2, 0) is 13.1 Å². The van der Waals surface area contributed by atoms with Crippen LogP contribution in [-0.4, -0.2) is 54.8 Å². The minimum atomic E-state index is -0.0849. The Morgan fingerprint density at radius 3 is 2.58 bits per heavy atom. The van der Waals surface area contributed by atoms with Crippen molar-refractivity contribution in [1.82, 2.24) is 39.9 Å². The number of fused-ring (bicyclic) bond motifs is 1. The van der Waals surface area contributed by atoms with Crippen LogP contribution in [0.2, 0.25) is 0 Å². The molecule has 9 heteroatoms. The fourth-order valence-electron chi connectivity index (χ4n) is 4.06. The van der Waals surface area contributed by atoms with Gasteiger partial charge < -0.3 is 5.32 Å². The average molecular weight is 447 g/mol. The van der Waals surface area contributed by atoms with Gasteiger partial charge in [-0.15, -0.1) is 0 Å². The van der Waals surface area contributed by atoms with Gasteiger partial charge in [0, 0.05) is 37.6 Å². The topological polar surface area (TPSA) is 105 Å². The van der Waals surface area contributed by atoms with Gasteiger partial charge in [-0.1, -0.05) is 37.3 Å². The first kappa shape index (κ1) is 22.8. The number of aryl methyl sites for hydroxylation is 1. The number of H-pyrrole nitrogens is 1. The summed E-state index contributed by atoms with van der Waals surface area (Å²) in [5.41, 5.74) is 2.51. The van der Waals surface area contributed by atoms with Gasteiger partial charge in [-0.2, -0.15) is 5.10 Å². The lowest BCUT2D eigenvalue weighted by atomic mass is 10.1. The number of benzene rings is 1. The molecule has 0 saturated carbocycles. The molecule has 0 aliphatic carbocycles. The molecule has 0 bridgehead atoms. The molecule has 172 valence electrons. The van der Waals surface area contributed by atoms with Crippen LogP contribution in [0.3, 0.4) is 0 Å². The van der Waals surface area contributed by atoms with E-state index in [0.29, 0.717) is 24.1 Å². The van der Waals surface area contributed by atoms with Gasteiger partial charge >= 0.3 is 0 Å². The molecule has 0 saturated heterocycles. The quantitative estimate of drug-likeness (QED) is 0.385. The molecule has 2 N–H and O–H groups in total. The average Bonchev–Trinajstić information content (AvgIpc) is 3.31. The van der Waals surface area contributed by atoms with Crippen molar-refractivity contribution >= 4 is 11.0 Å². The Balaban J connectivity index is 1.78. The molecule has 0 aliphatic rings. The molecular weight excluding hydrogens is 416 g/mol. The number of rotatable bonds is 10. The molecule has 1 aromatic carbocycles. The van der Waals surface area contributed by atoms with Crippen LogP contribution in [0.4, 0.5) is 0 Å². The first-order valence-corrected chi connectivity index (χ1v) is 11.2. The molecule has 0 fully saturated rings. The number of nitrogens with one attached hydrogen (secondary N) is 2. The highest BCUT2D eigenvalue weighted by molar-refractivity contribution is 5.72. The first-order chi connectivity index (χ1) is 16.1. The van der Waals surface area contributed by atoms with E-state index in [1.165, 1.54) is 0 Å². The Kier molecular flexibility index (Phi) is 7.21. The summed E-state index contributed by atoms with van der Waals surface area (Å²) in [5, 5.41) is 10.7. The Bertz CT molecular complexity index is 1230. The van der Waals surface area contributed by atoms with Crippen molar-refractivity contribution in [2.45, 2.75) is 39.4 Å². The third-order valence-corrected chi connectivity index (χ3v) is 5.78. The third-order valence-electron chi connectivity index (χ3n) is 5.78. The Morgan fingerprint density at radius 1 is 1.12 bits per heavy atom. The summed E-state index contributed by atoms with van der Waals surface area (Å²) in [7, 11) is 1.94. The highest BCUT2D eigenvalue weighted by Gasteiger charge is 2.25. The van der Waals surface area contributed by atoms with Crippen molar-refractivity contribution in [2.24, 2.45) is 0 Å². The van der Waals surface area contributed by atoms with Gasteiger partial charge in [0.25, 0.3) is 5.56 Å². The first-order valence-electron chi connectivity index (χ1n) is 11.2. The van der Waals surface area contributed by atoms with E-state index in [1.54, 1.807) is 10.8 Å². The number of likely N-dealkylation sites (N-methyl/N-ethyl adjacent to an activating group) is 1. The summed E-state index contributed by atoms with van der Waals surface area (Å²) in [5.74, 6) is 1.47. The minimum absolute atomic E-state index is 0.0798. The lowest BCUT2D eigenvalue weighted by Gasteiger charge is -2.32. The normalized spacial score (nSPS) is 12.5. The van der Waals surface area contributed by atoms with E-state index in [9.17, 15) is 4.79 Å². The smallest absolute Gasteiger partial charge is 0.265 e. The molecule has 4 rings (SSSR count). The molecule has 4 aromatic rings. The Labute approximate surface area is 192 Å². The van der Waals surface area contributed by atoms with E-state index in [0.717, 1.165) is 42.3 Å². The van der Waals surface area contributed by atoms with Crippen LogP contribution in [0.25, 0.3) is 11.0 Å². The number of nitrogens with zero attached hydrogens (tertiary/aromatic N) is 6. The van der Waals surface area contributed by atoms with E-state index < -0.39 is 0 Å². The van der Waals surface area contributed by atoms with Crippen molar-refractivity contribution in [2.75, 3.05) is 20.1 Å². The second-order valence-electron chi connectivity index (χ2n) is 8.12. The lowest BCUT2D eigenvalue weighted by Crippen LogP contribution is -2.38. The molecule has 0 radical (unpaired) electrons. The second-order valence-corrected chi connectivity index (χ2v) is 8.12. The molecule has 0 spiro atoms. The number of hydrogen-bond acceptors (Lipinski definition) is 7. The van der Waals surface area contributed by atoms with Crippen LogP contribution >= 0.6 is 0 Å². The van der Waals surface area contributed by atoms with Gasteiger partial charge in [0.15, 0.2) is 5.65 Å². The van der Waals surface area contributed by atoms with Gasteiger partial charge in [0.1, 0.15) is 17.0 Å². The van der Waals surface area contributed by atoms with E-state index in [-0.39, 0.29) is 11.6 Å². The molecule has 33 heavy (non-hydrogen) atoms. The van der Waals surface area contributed by atoms with Crippen molar-refractivity contribution in [3.63, 3.8) is 0 Å². The zero-order chi connectivity index (χ0) is 23.2. The van der Waals surface area contributed by atoms with Crippen LogP contribution in [0.15, 0.2) is 53.7 Å². The fraction of sp³-hybridized carbons (Fsp3) is 0.375. The maximum atomic E-state index is 13.5. The predicted molar refractivity (Wildman–Crippen MR) is 128 cm³/mol. The zero-order valence-electron chi connectivity index (χ0n) is 19.3. The minimum Gasteiger partial charge on any atom is -0.318 e. The summed E-state index contributed by atoms with van der Waals surface area (Å²) in [6.45, 7) is 6.70. The monoisotopic (exact) mass is 446 g/mol. The fourth-order valence-corrected chi connectivity index (χ4v) is 4.06. The van der Waals surface area contributed by atoms with Crippen LogP contribution in [0.5, 0.6) is 0 Å². The van der Waals surface area contributed by atoms with Gasteiger partial charge in [0.2, 0.25) is 0 Å². The summed E-state index contributed by atoms with van der Waals surface area (Å²) in [6, 6.07) is 9.92. The highest BCUT2D eigenvalue weighted by Crippen LogP contribution is 2.25. The number of aromatic amines is 1. The van der Waals surface area contributed by atoms with Crippen LogP contribution in [0.1, 0.15) is 42.2 Å². The molecule has 9 nitrogen and oxygen atoms in total. The van der Waals surface area contributed by atoms with E-state index in [4.69, 9.17) is 4.98 Å². The maximum Gasteiger partial charge on any atom is 0.265 e. The summed E-state index contributed by atoms with van der Waals surface area (Å²) in [6.07, 6.45) is 6.07. The third kappa shape index (κ3) is 5.15. The second kappa shape index (κ2) is 10.5. The summed E-state index contributed by atoms with van der Waals surface area (Å²) >= 11 is 0. The molecule has 1 atom stereocenters. The molecule has 0 amide bonds. The standard InChI is InChI=1S/C24H30N8O/c1-4-21(31(11-10-25-3)15-19-12-26-17(2)27-13-19)23-29-22-20(14-28-30-22)24(33)32(23)16-18-8-6-5-7-9-18/h5-9,12-14,21,25H,4,10-11,15-16H2,1-3H3,(H,28,30). The molecule has 0 aliphatic heterocycles. The lowest BCUT2D eigenvalue weighted by molar-refractivity contribution is 0.172. The predicted octanol–water partition coefficient (Wildman–Crippen LogP) is 2.44. The van der Waals surface area contributed by atoms with Crippen molar-refractivity contribution in [3.8, 4) is 0 Å². The molecule has 1 unspecified atom stereocenters. The van der Waals surface area contributed by atoms with Gasteiger partial charge in [-0.25, -0.2) is 15.0 Å². The van der Waals surface area contributed by atoms with Gasteiger partial charge in [0.05, 0.1) is 18.8 Å². The molecular formula is C24H30N8O. The largest absolute Gasteiger partial charge is 0.318 e. The van der Waals surface area contributed by atoms with Crippen molar-refractivity contribution in [1.29, 1.82) is 0 Å². The summed E-state index contributed by atoms with van der Waals surface area (Å²) in [4.78, 5) is 29.4. The number of hydrogen-bond donors (Lipinski definition) is 2. The van der Waals surface area contributed by atoms with Crippen LogP contribution in [0, 0.1) is 6.92 Å². The Hall–Kier alpha value is -3.43. The van der Waals surface area contributed by atoms with E-state index in [1.807, 2.05) is 56.7 Å². The van der Waals surface area contributed by atoms with Gasteiger partial charge in [-0.3, -0.25) is 19.4 Å². The van der Waals surface area contributed by atoms with E-state index >= 15 is 0 Å².